The van der Waals surface area contributed by atoms with Crippen molar-refractivity contribution < 1.29 is 8.42 Å². The summed E-state index contributed by atoms with van der Waals surface area (Å²) < 4.78 is 26.9. The molecule has 0 fully saturated rings. The number of rotatable bonds is 5. The fourth-order valence-electron chi connectivity index (χ4n) is 2.00. The molecule has 4 nitrogen and oxygen atoms in total. The number of hydrogen-bond donors (Lipinski definition) is 0. The van der Waals surface area contributed by atoms with Gasteiger partial charge in [-0.15, -0.1) is 0 Å². The Labute approximate surface area is 122 Å². The Balaban J connectivity index is 3.27. The van der Waals surface area contributed by atoms with E-state index in [4.69, 9.17) is 5.26 Å². The van der Waals surface area contributed by atoms with Gasteiger partial charge in [0, 0.05) is 12.6 Å². The zero-order valence-corrected chi connectivity index (χ0v) is 13.5. The molecule has 0 radical (unpaired) electrons. The van der Waals surface area contributed by atoms with E-state index < -0.39 is 10.0 Å². The van der Waals surface area contributed by atoms with E-state index in [0.717, 1.165) is 0 Å². The minimum absolute atomic E-state index is 0.0988. The van der Waals surface area contributed by atoms with Crippen LogP contribution in [0.2, 0.25) is 0 Å². The molecule has 0 saturated heterocycles. The van der Waals surface area contributed by atoms with Crippen molar-refractivity contribution in [3.8, 4) is 6.07 Å². The van der Waals surface area contributed by atoms with Gasteiger partial charge >= 0.3 is 0 Å². The zero-order chi connectivity index (χ0) is 15.5. The third-order valence-electron chi connectivity index (χ3n) is 3.05. The largest absolute Gasteiger partial charge is 0.243 e. The van der Waals surface area contributed by atoms with Crippen LogP contribution in [-0.2, 0) is 10.0 Å². The van der Waals surface area contributed by atoms with E-state index in [-0.39, 0.29) is 16.9 Å². The van der Waals surface area contributed by atoms with Crippen molar-refractivity contribution in [2.24, 2.45) is 5.92 Å². The van der Waals surface area contributed by atoms with Crippen LogP contribution in [-0.4, -0.2) is 25.3 Å². The molecule has 20 heavy (non-hydrogen) atoms. The van der Waals surface area contributed by atoms with Gasteiger partial charge in [0.05, 0.1) is 16.5 Å². The van der Waals surface area contributed by atoms with E-state index in [1.165, 1.54) is 10.4 Å². The van der Waals surface area contributed by atoms with Crippen molar-refractivity contribution in [3.63, 3.8) is 0 Å². The molecule has 0 spiro atoms. The number of hydrogen-bond acceptors (Lipinski definition) is 3. The quantitative estimate of drug-likeness (QED) is 0.839. The van der Waals surface area contributed by atoms with Gasteiger partial charge in [0.2, 0.25) is 10.0 Å². The topological polar surface area (TPSA) is 61.2 Å². The highest BCUT2D eigenvalue weighted by atomic mass is 32.2. The number of nitrogens with zero attached hydrogens (tertiary/aromatic N) is 2. The molecule has 0 atom stereocenters. The summed E-state index contributed by atoms with van der Waals surface area (Å²) in [5.74, 6) is 0.256. The van der Waals surface area contributed by atoms with E-state index >= 15 is 0 Å². The molecule has 0 aromatic heterocycles. The van der Waals surface area contributed by atoms with Crippen LogP contribution in [0.25, 0.3) is 0 Å². The second-order valence-corrected chi connectivity index (χ2v) is 7.54. The molecule has 110 valence electrons. The van der Waals surface area contributed by atoms with Gasteiger partial charge in [-0.1, -0.05) is 13.8 Å². The molecule has 0 aliphatic heterocycles. The standard InChI is InChI=1S/C15H22N2O2S/c1-11(2)10-17(12(3)4)20(18,19)15-7-6-14(9-16)13(5)8-15/h6-8,11-12H,10H2,1-5H3. The monoisotopic (exact) mass is 294 g/mol. The minimum atomic E-state index is -3.52. The lowest BCUT2D eigenvalue weighted by Gasteiger charge is -2.27. The predicted octanol–water partition coefficient (Wildman–Crippen LogP) is 2.92. The van der Waals surface area contributed by atoms with Crippen molar-refractivity contribution in [1.29, 1.82) is 5.26 Å². The SMILES string of the molecule is Cc1cc(S(=O)(=O)N(CC(C)C)C(C)C)ccc1C#N. The molecule has 0 aliphatic carbocycles. The predicted molar refractivity (Wildman–Crippen MR) is 79.8 cm³/mol. The van der Waals surface area contributed by atoms with E-state index in [0.29, 0.717) is 17.7 Å². The number of aryl methyl sites for hydroxylation is 1. The molecular formula is C15H22N2O2S. The summed E-state index contributed by atoms with van der Waals surface area (Å²) in [5, 5.41) is 8.92. The summed E-state index contributed by atoms with van der Waals surface area (Å²) in [6.45, 7) is 9.97. The highest BCUT2D eigenvalue weighted by Crippen LogP contribution is 2.22. The van der Waals surface area contributed by atoms with Crippen LogP contribution < -0.4 is 0 Å². The third kappa shape index (κ3) is 3.59. The summed E-state index contributed by atoms with van der Waals surface area (Å²) in [6, 6.07) is 6.60. The normalized spacial score (nSPS) is 12.2. The van der Waals surface area contributed by atoms with Crippen molar-refractivity contribution in [2.75, 3.05) is 6.54 Å². The van der Waals surface area contributed by atoms with Crippen LogP contribution in [0.4, 0.5) is 0 Å². The Hall–Kier alpha value is -1.38. The molecule has 1 aromatic rings. The van der Waals surface area contributed by atoms with Gasteiger partial charge in [-0.25, -0.2) is 8.42 Å². The molecule has 0 bridgehead atoms. The van der Waals surface area contributed by atoms with Crippen LogP contribution in [0.15, 0.2) is 23.1 Å². The molecule has 0 heterocycles. The molecule has 1 aromatic carbocycles. The zero-order valence-electron chi connectivity index (χ0n) is 12.7. The van der Waals surface area contributed by atoms with Gasteiger partial charge in [0.25, 0.3) is 0 Å². The lowest BCUT2D eigenvalue weighted by molar-refractivity contribution is 0.319. The molecule has 0 N–H and O–H groups in total. The van der Waals surface area contributed by atoms with Gasteiger partial charge in [0.1, 0.15) is 0 Å². The van der Waals surface area contributed by atoms with Crippen molar-refractivity contribution in [1.82, 2.24) is 4.31 Å². The third-order valence-corrected chi connectivity index (χ3v) is 5.08. The molecule has 0 aliphatic rings. The Bertz CT molecular complexity index is 613. The molecular weight excluding hydrogens is 272 g/mol. The van der Waals surface area contributed by atoms with Crippen LogP contribution in [0.1, 0.15) is 38.8 Å². The summed E-state index contributed by atoms with van der Waals surface area (Å²) >= 11 is 0. The van der Waals surface area contributed by atoms with Crippen molar-refractivity contribution in [2.45, 2.75) is 45.6 Å². The summed E-state index contributed by atoms with van der Waals surface area (Å²) in [5.41, 5.74) is 1.19. The molecule has 0 unspecified atom stereocenters. The van der Waals surface area contributed by atoms with Crippen LogP contribution in [0.3, 0.4) is 0 Å². The number of benzene rings is 1. The first kappa shape index (κ1) is 16.7. The molecule has 0 saturated carbocycles. The van der Waals surface area contributed by atoms with Gasteiger partial charge < -0.3 is 0 Å². The van der Waals surface area contributed by atoms with Crippen LogP contribution >= 0.6 is 0 Å². The number of sulfonamides is 1. The number of nitriles is 1. The second-order valence-electron chi connectivity index (χ2n) is 5.65. The maximum Gasteiger partial charge on any atom is 0.243 e. The first-order chi connectivity index (χ1) is 9.20. The lowest BCUT2D eigenvalue weighted by Crippen LogP contribution is -2.39. The van der Waals surface area contributed by atoms with E-state index in [1.807, 2.05) is 33.8 Å². The average molecular weight is 294 g/mol. The Morgan fingerprint density at radius 3 is 2.25 bits per heavy atom. The summed E-state index contributed by atoms with van der Waals surface area (Å²) in [4.78, 5) is 0.253. The fourth-order valence-corrected chi connectivity index (χ4v) is 3.89. The average Bonchev–Trinajstić information content (AvgIpc) is 2.35. The lowest BCUT2D eigenvalue weighted by atomic mass is 10.1. The fraction of sp³-hybridized carbons (Fsp3) is 0.533. The Morgan fingerprint density at radius 2 is 1.85 bits per heavy atom. The molecule has 0 amide bonds. The summed E-state index contributed by atoms with van der Waals surface area (Å²) in [7, 11) is -3.52. The second kappa shape index (κ2) is 6.38. The van der Waals surface area contributed by atoms with Crippen molar-refractivity contribution >= 4 is 10.0 Å². The van der Waals surface area contributed by atoms with Gasteiger partial charge in [-0.2, -0.15) is 9.57 Å². The molecule has 5 heteroatoms. The van der Waals surface area contributed by atoms with Gasteiger partial charge in [-0.05, 0) is 50.5 Å². The maximum absolute atomic E-state index is 12.7. The Morgan fingerprint density at radius 1 is 1.25 bits per heavy atom. The van der Waals surface area contributed by atoms with E-state index in [1.54, 1.807) is 19.1 Å². The van der Waals surface area contributed by atoms with Crippen LogP contribution in [0, 0.1) is 24.2 Å². The van der Waals surface area contributed by atoms with E-state index in [2.05, 4.69) is 0 Å². The van der Waals surface area contributed by atoms with E-state index in [9.17, 15) is 8.42 Å². The summed E-state index contributed by atoms with van der Waals surface area (Å²) in [6.07, 6.45) is 0. The maximum atomic E-state index is 12.7. The smallest absolute Gasteiger partial charge is 0.207 e. The molecule has 1 rings (SSSR count). The highest BCUT2D eigenvalue weighted by Gasteiger charge is 2.27. The highest BCUT2D eigenvalue weighted by molar-refractivity contribution is 7.89. The minimum Gasteiger partial charge on any atom is -0.207 e. The van der Waals surface area contributed by atoms with Gasteiger partial charge in [-0.3, -0.25) is 0 Å². The van der Waals surface area contributed by atoms with Gasteiger partial charge in [0.15, 0.2) is 0 Å². The first-order valence-corrected chi connectivity index (χ1v) is 8.16. The first-order valence-electron chi connectivity index (χ1n) is 6.72. The van der Waals surface area contributed by atoms with Crippen molar-refractivity contribution in [3.05, 3.63) is 29.3 Å². The Kier molecular flexibility index (Phi) is 5.32. The van der Waals surface area contributed by atoms with Crippen LogP contribution in [0.5, 0.6) is 0 Å².